The zero-order chi connectivity index (χ0) is 19.6. The Hall–Kier alpha value is -1.16. The Labute approximate surface area is 159 Å². The number of hydrogen-bond donors (Lipinski definition) is 1. The van der Waals surface area contributed by atoms with Gasteiger partial charge in [-0.25, -0.2) is 0 Å². The van der Waals surface area contributed by atoms with Gasteiger partial charge in [0.2, 0.25) is 0 Å². The molecule has 0 aromatic heterocycles. The van der Waals surface area contributed by atoms with Crippen LogP contribution in [0.2, 0.25) is 18.1 Å². The summed E-state index contributed by atoms with van der Waals surface area (Å²) in [5.41, 5.74) is -0.588. The molecule has 1 aromatic carbocycles. The van der Waals surface area contributed by atoms with Gasteiger partial charge in [-0.1, -0.05) is 50.8 Å². The Morgan fingerprint density at radius 1 is 1.23 bits per heavy atom. The predicted octanol–water partition coefficient (Wildman–Crippen LogP) is 3.94. The Morgan fingerprint density at radius 2 is 1.85 bits per heavy atom. The third kappa shape index (κ3) is 5.18. The summed E-state index contributed by atoms with van der Waals surface area (Å²) in [6.07, 6.45) is -0.557. The lowest BCUT2D eigenvalue weighted by Crippen LogP contribution is -2.52. The van der Waals surface area contributed by atoms with Gasteiger partial charge in [-0.2, -0.15) is 0 Å². The smallest absolute Gasteiger partial charge is 0.192 e. The standard InChI is InChI=1S/C21H32O4Si/c1-19(2,3)26(6,7)24-16-21(22,18-15-23-20(4,5)25-18)14-13-17-11-9-8-10-12-17/h8-12,18,22H,15-16H2,1-7H3/t18-,21-/m1/s1. The summed E-state index contributed by atoms with van der Waals surface area (Å²) in [5, 5.41) is 11.4. The number of aliphatic hydroxyl groups is 1. The molecular formula is C21H32O4Si. The van der Waals surface area contributed by atoms with Crippen molar-refractivity contribution in [2.24, 2.45) is 0 Å². The fourth-order valence-electron chi connectivity index (χ4n) is 2.34. The minimum Gasteiger partial charge on any atom is -0.413 e. The van der Waals surface area contributed by atoms with Gasteiger partial charge in [0.15, 0.2) is 19.7 Å². The minimum atomic E-state index is -2.03. The van der Waals surface area contributed by atoms with Crippen molar-refractivity contribution in [1.29, 1.82) is 0 Å². The molecule has 2 atom stereocenters. The fraction of sp³-hybridized carbons (Fsp3) is 0.619. The molecule has 2 rings (SSSR count). The normalized spacial score (nSPS) is 22.4. The van der Waals surface area contributed by atoms with Gasteiger partial charge in [0.1, 0.15) is 6.10 Å². The molecule has 5 heteroatoms. The van der Waals surface area contributed by atoms with Gasteiger partial charge >= 0.3 is 0 Å². The summed E-state index contributed by atoms with van der Waals surface area (Å²) >= 11 is 0. The summed E-state index contributed by atoms with van der Waals surface area (Å²) in [4.78, 5) is 0. The number of benzene rings is 1. The second kappa shape index (κ2) is 7.45. The molecule has 1 aliphatic heterocycles. The maximum absolute atomic E-state index is 11.4. The Balaban J connectivity index is 2.26. The lowest BCUT2D eigenvalue weighted by molar-refractivity contribution is -0.164. The molecule has 1 aliphatic rings. The van der Waals surface area contributed by atoms with Crippen LogP contribution in [0.15, 0.2) is 30.3 Å². The first-order chi connectivity index (χ1) is 11.8. The van der Waals surface area contributed by atoms with Gasteiger partial charge in [0.25, 0.3) is 0 Å². The SMILES string of the molecule is CC1(C)OC[C@H]([C@@](O)(C#Cc2ccccc2)CO[Si](C)(C)C(C)(C)C)O1. The van der Waals surface area contributed by atoms with E-state index >= 15 is 0 Å². The highest BCUT2D eigenvalue weighted by Gasteiger charge is 2.48. The van der Waals surface area contributed by atoms with Crippen LogP contribution in [0, 0.1) is 11.8 Å². The van der Waals surface area contributed by atoms with Crippen molar-refractivity contribution in [2.75, 3.05) is 13.2 Å². The van der Waals surface area contributed by atoms with E-state index in [1.165, 1.54) is 0 Å². The first-order valence-corrected chi connectivity index (χ1v) is 12.0. The van der Waals surface area contributed by atoms with E-state index in [0.717, 1.165) is 5.56 Å². The lowest BCUT2D eigenvalue weighted by Gasteiger charge is -2.39. The van der Waals surface area contributed by atoms with Crippen molar-refractivity contribution < 1.29 is 19.0 Å². The summed E-state index contributed by atoms with van der Waals surface area (Å²) in [7, 11) is -2.03. The summed E-state index contributed by atoms with van der Waals surface area (Å²) in [6.45, 7) is 14.9. The third-order valence-electron chi connectivity index (χ3n) is 5.20. The van der Waals surface area contributed by atoms with E-state index in [9.17, 15) is 5.11 Å². The number of rotatable bonds is 4. The zero-order valence-electron chi connectivity index (χ0n) is 17.1. The highest BCUT2D eigenvalue weighted by atomic mass is 28.4. The highest BCUT2D eigenvalue weighted by molar-refractivity contribution is 6.74. The molecule has 0 bridgehead atoms. The van der Waals surface area contributed by atoms with Crippen LogP contribution in [0.3, 0.4) is 0 Å². The van der Waals surface area contributed by atoms with E-state index in [-0.39, 0.29) is 18.3 Å². The fourth-order valence-corrected chi connectivity index (χ4v) is 3.35. The molecular weight excluding hydrogens is 344 g/mol. The molecule has 1 N–H and O–H groups in total. The molecule has 1 aromatic rings. The average Bonchev–Trinajstić information content (AvgIpc) is 2.92. The molecule has 0 spiro atoms. The first-order valence-electron chi connectivity index (χ1n) is 9.11. The Bertz CT molecular complexity index is 667. The van der Waals surface area contributed by atoms with E-state index in [4.69, 9.17) is 13.9 Å². The van der Waals surface area contributed by atoms with Crippen LogP contribution in [0.5, 0.6) is 0 Å². The lowest BCUT2D eigenvalue weighted by atomic mass is 9.98. The van der Waals surface area contributed by atoms with Crippen molar-refractivity contribution in [3.8, 4) is 11.8 Å². The zero-order valence-corrected chi connectivity index (χ0v) is 18.1. The summed E-state index contributed by atoms with van der Waals surface area (Å²) in [5.74, 6) is 5.35. The van der Waals surface area contributed by atoms with Crippen molar-refractivity contribution in [1.82, 2.24) is 0 Å². The maximum Gasteiger partial charge on any atom is 0.192 e. The van der Waals surface area contributed by atoms with E-state index in [2.05, 4.69) is 45.7 Å². The van der Waals surface area contributed by atoms with Crippen LogP contribution in [0.25, 0.3) is 0 Å². The van der Waals surface area contributed by atoms with Gasteiger partial charge in [0, 0.05) is 5.56 Å². The monoisotopic (exact) mass is 376 g/mol. The van der Waals surface area contributed by atoms with Gasteiger partial charge in [0.05, 0.1) is 13.2 Å². The van der Waals surface area contributed by atoms with Crippen molar-refractivity contribution in [3.05, 3.63) is 35.9 Å². The second-order valence-corrected chi connectivity index (χ2v) is 13.7. The Morgan fingerprint density at radius 3 is 2.35 bits per heavy atom. The molecule has 144 valence electrons. The largest absolute Gasteiger partial charge is 0.413 e. The maximum atomic E-state index is 11.4. The molecule has 4 nitrogen and oxygen atoms in total. The molecule has 0 aliphatic carbocycles. The molecule has 0 radical (unpaired) electrons. The quantitative estimate of drug-likeness (QED) is 0.639. The van der Waals surface area contributed by atoms with E-state index in [1.807, 2.05) is 44.2 Å². The highest BCUT2D eigenvalue weighted by Crippen LogP contribution is 2.38. The second-order valence-electron chi connectivity index (χ2n) is 8.91. The van der Waals surface area contributed by atoms with Crippen molar-refractivity contribution in [2.45, 2.75) is 70.2 Å². The third-order valence-corrected chi connectivity index (χ3v) is 9.68. The van der Waals surface area contributed by atoms with Crippen molar-refractivity contribution >= 4 is 8.32 Å². The topological polar surface area (TPSA) is 47.9 Å². The number of hydrogen-bond acceptors (Lipinski definition) is 4. The summed E-state index contributed by atoms with van der Waals surface area (Å²) in [6, 6.07) is 9.62. The molecule has 1 heterocycles. The van der Waals surface area contributed by atoms with Crippen LogP contribution in [0.1, 0.15) is 40.2 Å². The van der Waals surface area contributed by atoms with E-state index < -0.39 is 25.8 Å². The molecule has 1 saturated heterocycles. The van der Waals surface area contributed by atoms with Crippen LogP contribution >= 0.6 is 0 Å². The van der Waals surface area contributed by atoms with E-state index in [0.29, 0.717) is 0 Å². The molecule has 0 amide bonds. The van der Waals surface area contributed by atoms with Gasteiger partial charge < -0.3 is 19.0 Å². The minimum absolute atomic E-state index is 0.0487. The van der Waals surface area contributed by atoms with Gasteiger partial charge in [-0.3, -0.25) is 0 Å². The first kappa shape index (κ1) is 21.1. The van der Waals surface area contributed by atoms with Crippen LogP contribution in [-0.2, 0) is 13.9 Å². The van der Waals surface area contributed by atoms with Gasteiger partial charge in [-0.15, -0.1) is 0 Å². The van der Waals surface area contributed by atoms with Crippen LogP contribution < -0.4 is 0 Å². The molecule has 0 saturated carbocycles. The number of ether oxygens (including phenoxy) is 2. The van der Waals surface area contributed by atoms with Crippen LogP contribution in [-0.4, -0.2) is 44.1 Å². The average molecular weight is 377 g/mol. The van der Waals surface area contributed by atoms with Crippen molar-refractivity contribution in [3.63, 3.8) is 0 Å². The predicted molar refractivity (Wildman–Crippen MR) is 106 cm³/mol. The van der Waals surface area contributed by atoms with Crippen LogP contribution in [0.4, 0.5) is 0 Å². The Kier molecular flexibility index (Phi) is 6.06. The van der Waals surface area contributed by atoms with Gasteiger partial charge in [-0.05, 0) is 44.1 Å². The van der Waals surface area contributed by atoms with E-state index in [1.54, 1.807) is 0 Å². The molecule has 26 heavy (non-hydrogen) atoms. The molecule has 1 fully saturated rings. The molecule has 0 unspecified atom stereocenters. The summed E-state index contributed by atoms with van der Waals surface area (Å²) < 4.78 is 17.8.